The maximum atomic E-state index is 14.7. The molecule has 1 aromatic heterocycles. The summed E-state index contributed by atoms with van der Waals surface area (Å²) in [6.45, 7) is 7.65. The molecule has 28 heavy (non-hydrogen) atoms. The van der Waals surface area contributed by atoms with Gasteiger partial charge in [0.15, 0.2) is 5.17 Å². The summed E-state index contributed by atoms with van der Waals surface area (Å²) in [4.78, 5) is 11.7. The quantitative estimate of drug-likeness (QED) is 0.789. The Balaban J connectivity index is 1.73. The van der Waals surface area contributed by atoms with Crippen LogP contribution in [0, 0.1) is 18.3 Å². The van der Waals surface area contributed by atoms with Gasteiger partial charge in [-0.1, -0.05) is 23.9 Å². The van der Waals surface area contributed by atoms with Crippen molar-refractivity contribution in [1.82, 2.24) is 4.98 Å². The van der Waals surface area contributed by atoms with Crippen molar-refractivity contribution in [3.05, 3.63) is 70.6 Å². The molecule has 0 unspecified atom stereocenters. The molecule has 142 valence electrons. The van der Waals surface area contributed by atoms with Gasteiger partial charge in [0.25, 0.3) is 0 Å². The SMILES string of the molecule is [C-]#[N+]c1ccc(/C(F)=C/c2ccc(F)c([C@]34COC[C@H]3CSC(N)=N4)c2)nc1. The highest BCUT2D eigenvalue weighted by Gasteiger charge is 2.49. The maximum absolute atomic E-state index is 14.7. The third-order valence-electron chi connectivity index (χ3n) is 4.93. The molecule has 0 radical (unpaired) electrons. The summed E-state index contributed by atoms with van der Waals surface area (Å²) in [7, 11) is 0. The Morgan fingerprint density at radius 2 is 2.25 bits per heavy atom. The van der Waals surface area contributed by atoms with Crippen molar-refractivity contribution in [2.75, 3.05) is 19.0 Å². The molecule has 8 heteroatoms. The normalized spacial score (nSPS) is 24.4. The number of nitrogens with two attached hydrogens (primary N) is 1. The number of hydrogen-bond donors (Lipinski definition) is 1. The van der Waals surface area contributed by atoms with Crippen LogP contribution in [0.4, 0.5) is 14.5 Å². The van der Waals surface area contributed by atoms with Crippen LogP contribution in [0.2, 0.25) is 0 Å². The first kappa shape index (κ1) is 18.6. The highest BCUT2D eigenvalue weighted by Crippen LogP contribution is 2.45. The number of fused-ring (bicyclic) bond motifs is 1. The highest BCUT2D eigenvalue weighted by atomic mass is 32.2. The molecule has 1 fully saturated rings. The van der Waals surface area contributed by atoms with Gasteiger partial charge in [-0.05, 0) is 29.8 Å². The Morgan fingerprint density at radius 1 is 1.39 bits per heavy atom. The number of ether oxygens (including phenoxy) is 1. The number of benzene rings is 1. The molecule has 2 N–H and O–H groups in total. The lowest BCUT2D eigenvalue weighted by molar-refractivity contribution is 0.176. The topological polar surface area (TPSA) is 64.9 Å². The number of hydrogen-bond acceptors (Lipinski definition) is 5. The molecule has 5 nitrogen and oxygen atoms in total. The van der Waals surface area contributed by atoms with E-state index in [1.54, 1.807) is 6.07 Å². The first-order chi connectivity index (χ1) is 13.5. The van der Waals surface area contributed by atoms with Crippen LogP contribution in [0.3, 0.4) is 0 Å². The van der Waals surface area contributed by atoms with Gasteiger partial charge in [-0.3, -0.25) is 4.98 Å². The number of thioether (sulfide) groups is 1. The zero-order valence-corrected chi connectivity index (χ0v) is 15.5. The van der Waals surface area contributed by atoms with E-state index in [0.29, 0.717) is 34.3 Å². The van der Waals surface area contributed by atoms with Gasteiger partial charge in [0.1, 0.15) is 17.2 Å². The summed E-state index contributed by atoms with van der Waals surface area (Å²) < 4.78 is 34.9. The number of pyridine rings is 1. The first-order valence-electron chi connectivity index (χ1n) is 8.59. The third-order valence-corrected chi connectivity index (χ3v) is 5.89. The Morgan fingerprint density at radius 3 is 3.00 bits per heavy atom. The van der Waals surface area contributed by atoms with Crippen LogP contribution in [-0.4, -0.2) is 29.1 Å². The van der Waals surface area contributed by atoms with Gasteiger partial charge in [-0.15, -0.1) is 0 Å². The first-order valence-corrected chi connectivity index (χ1v) is 9.57. The van der Waals surface area contributed by atoms with Crippen LogP contribution in [0.5, 0.6) is 0 Å². The highest BCUT2D eigenvalue weighted by molar-refractivity contribution is 8.13. The van der Waals surface area contributed by atoms with E-state index in [1.165, 1.54) is 48.3 Å². The average Bonchev–Trinajstić information content (AvgIpc) is 3.13. The van der Waals surface area contributed by atoms with Gasteiger partial charge >= 0.3 is 0 Å². The lowest BCUT2D eigenvalue weighted by Crippen LogP contribution is -2.40. The summed E-state index contributed by atoms with van der Waals surface area (Å²) in [6, 6.07) is 7.33. The van der Waals surface area contributed by atoms with Gasteiger partial charge in [-0.2, -0.15) is 0 Å². The van der Waals surface area contributed by atoms with Crippen molar-refractivity contribution in [3.8, 4) is 0 Å². The van der Waals surface area contributed by atoms with Crippen molar-refractivity contribution in [3.63, 3.8) is 0 Å². The lowest BCUT2D eigenvalue weighted by atomic mass is 9.81. The molecular weight excluding hydrogens is 382 g/mol. The van der Waals surface area contributed by atoms with E-state index in [9.17, 15) is 8.78 Å². The fourth-order valence-corrected chi connectivity index (χ4v) is 4.44. The largest absolute Gasteiger partial charge is 0.379 e. The monoisotopic (exact) mass is 398 g/mol. The van der Waals surface area contributed by atoms with E-state index in [-0.39, 0.29) is 18.2 Å². The molecule has 0 saturated carbocycles. The van der Waals surface area contributed by atoms with Gasteiger partial charge in [0, 0.05) is 23.4 Å². The number of nitrogens with zero attached hydrogens (tertiary/aromatic N) is 3. The molecule has 4 rings (SSSR count). The van der Waals surface area contributed by atoms with Gasteiger partial charge in [-0.25, -0.2) is 18.6 Å². The number of amidine groups is 1. The summed E-state index contributed by atoms with van der Waals surface area (Å²) >= 11 is 1.43. The molecule has 0 spiro atoms. The predicted molar refractivity (Wildman–Crippen MR) is 106 cm³/mol. The minimum Gasteiger partial charge on any atom is -0.379 e. The zero-order chi connectivity index (χ0) is 19.7. The van der Waals surface area contributed by atoms with Crippen LogP contribution in [0.15, 0.2) is 41.5 Å². The maximum Gasteiger partial charge on any atom is 0.205 e. The van der Waals surface area contributed by atoms with Crippen molar-refractivity contribution < 1.29 is 13.5 Å². The second kappa shape index (κ2) is 7.34. The summed E-state index contributed by atoms with van der Waals surface area (Å²) in [5, 5.41) is 0.400. The van der Waals surface area contributed by atoms with Crippen LogP contribution in [-0.2, 0) is 10.3 Å². The van der Waals surface area contributed by atoms with Crippen LogP contribution < -0.4 is 5.73 Å². The second-order valence-electron chi connectivity index (χ2n) is 6.64. The Kier molecular flexibility index (Phi) is 4.87. The van der Waals surface area contributed by atoms with Crippen molar-refractivity contribution in [2.24, 2.45) is 16.6 Å². The molecule has 2 aliphatic heterocycles. The Labute approximate surface area is 165 Å². The van der Waals surface area contributed by atoms with Crippen molar-refractivity contribution in [2.45, 2.75) is 5.54 Å². The average molecular weight is 398 g/mol. The molecule has 1 saturated heterocycles. The van der Waals surface area contributed by atoms with E-state index in [4.69, 9.17) is 17.0 Å². The van der Waals surface area contributed by atoms with E-state index in [2.05, 4.69) is 14.8 Å². The second-order valence-corrected chi connectivity index (χ2v) is 7.68. The molecule has 1 aromatic carbocycles. The van der Waals surface area contributed by atoms with Crippen LogP contribution in [0.1, 0.15) is 16.8 Å². The number of aromatic nitrogens is 1. The fraction of sp³-hybridized carbons (Fsp3) is 0.250. The van der Waals surface area contributed by atoms with Crippen molar-refractivity contribution >= 4 is 34.5 Å². The Bertz CT molecular complexity index is 1020. The number of halogens is 2. The molecule has 0 bridgehead atoms. The van der Waals surface area contributed by atoms with Crippen molar-refractivity contribution in [1.29, 1.82) is 0 Å². The smallest absolute Gasteiger partial charge is 0.205 e. The molecule has 0 aliphatic carbocycles. The third kappa shape index (κ3) is 3.28. The molecule has 2 atom stereocenters. The van der Waals surface area contributed by atoms with Gasteiger partial charge < -0.3 is 10.5 Å². The fourth-order valence-electron chi connectivity index (χ4n) is 3.47. The molecular formula is C20H16F2N4OS. The number of aliphatic imine (C=N–C) groups is 1. The van der Waals surface area contributed by atoms with E-state index in [0.717, 1.165) is 0 Å². The molecule has 0 amide bonds. The predicted octanol–water partition coefficient (Wildman–Crippen LogP) is 4.14. The summed E-state index contributed by atoms with van der Waals surface area (Å²) in [5.74, 6) is -0.296. The summed E-state index contributed by atoms with van der Waals surface area (Å²) in [5.41, 5.74) is 6.31. The van der Waals surface area contributed by atoms with Crippen LogP contribution in [0.25, 0.3) is 16.7 Å². The van der Waals surface area contributed by atoms with E-state index < -0.39 is 17.2 Å². The molecule has 3 heterocycles. The van der Waals surface area contributed by atoms with E-state index in [1.807, 2.05) is 0 Å². The molecule has 2 aliphatic rings. The van der Waals surface area contributed by atoms with E-state index >= 15 is 0 Å². The summed E-state index contributed by atoms with van der Waals surface area (Å²) in [6.07, 6.45) is 2.59. The lowest BCUT2D eigenvalue weighted by Gasteiger charge is -2.34. The Hall–Kier alpha value is -2.76. The van der Waals surface area contributed by atoms with Gasteiger partial charge in [0.05, 0.1) is 25.5 Å². The minimum absolute atomic E-state index is 0.00575. The number of rotatable bonds is 3. The minimum atomic E-state index is -0.880. The van der Waals surface area contributed by atoms with Gasteiger partial charge in [0.2, 0.25) is 5.69 Å². The molecule has 2 aromatic rings. The van der Waals surface area contributed by atoms with Crippen LogP contribution >= 0.6 is 11.8 Å². The zero-order valence-electron chi connectivity index (χ0n) is 14.7. The standard InChI is InChI=1S/C20H16F2N4OS/c1-24-14-3-5-18(25-8-14)17(22)7-12-2-4-16(21)15(6-12)20-11-27-9-13(20)10-28-19(23)26-20/h2-8,13H,9-11H2,(H2,23,26)/b17-7-/t13-,20-/m0/s1.